The Kier molecular flexibility index (Phi) is 5.29. The van der Waals surface area contributed by atoms with Crippen molar-refractivity contribution in [1.29, 1.82) is 0 Å². The Bertz CT molecular complexity index is 527. The lowest BCUT2D eigenvalue weighted by atomic mass is 10.1. The molecule has 3 N–H and O–H groups in total. The normalized spacial score (nSPS) is 13.7. The van der Waals surface area contributed by atoms with E-state index in [4.69, 9.17) is 5.11 Å². The van der Waals surface area contributed by atoms with Gasteiger partial charge in [0.25, 0.3) is 5.91 Å². The molecule has 2 rings (SSSR count). The third kappa shape index (κ3) is 3.66. The molecule has 1 aromatic heterocycles. The van der Waals surface area contributed by atoms with E-state index in [1.807, 2.05) is 23.6 Å². The third-order valence-electron chi connectivity index (χ3n) is 2.98. The lowest BCUT2D eigenvalue weighted by Gasteiger charge is -2.19. The van der Waals surface area contributed by atoms with Gasteiger partial charge in [-0.05, 0) is 23.4 Å². The average molecular weight is 291 g/mol. The number of hydrogen-bond donors (Lipinski definition) is 3. The second-order valence-corrected chi connectivity index (χ2v) is 5.38. The number of carbonyl (C=O) groups excluding carboxylic acids is 1. The van der Waals surface area contributed by atoms with Crippen LogP contribution in [-0.2, 0) is 4.79 Å². The van der Waals surface area contributed by atoms with Gasteiger partial charge in [-0.25, -0.2) is 0 Å². The van der Waals surface area contributed by atoms with Gasteiger partial charge >= 0.3 is 0 Å². The van der Waals surface area contributed by atoms with Crippen molar-refractivity contribution < 1.29 is 15.0 Å². The molecule has 0 aliphatic carbocycles. The van der Waals surface area contributed by atoms with Crippen LogP contribution in [0.5, 0.6) is 0 Å². The van der Waals surface area contributed by atoms with Gasteiger partial charge in [0.15, 0.2) is 6.10 Å². The minimum absolute atomic E-state index is 0.0235. The zero-order chi connectivity index (χ0) is 14.4. The number of rotatable bonds is 6. The monoisotopic (exact) mass is 291 g/mol. The minimum Gasteiger partial charge on any atom is -0.396 e. The van der Waals surface area contributed by atoms with Crippen LogP contribution in [0.1, 0.15) is 29.0 Å². The summed E-state index contributed by atoms with van der Waals surface area (Å²) in [5, 5.41) is 23.8. The molecule has 0 bridgehead atoms. The van der Waals surface area contributed by atoms with E-state index in [-0.39, 0.29) is 12.6 Å². The van der Waals surface area contributed by atoms with Crippen LogP contribution >= 0.6 is 11.3 Å². The number of hydrogen-bond acceptors (Lipinski definition) is 4. The standard InChI is InChI=1S/C15H17NO3S/c17-9-8-12(13-7-4-10-20-13)16-15(19)14(18)11-5-2-1-3-6-11/h1-7,10,12,14,17-18H,8-9H2,(H,16,19)/t12-,14+/m1/s1. The van der Waals surface area contributed by atoms with Gasteiger partial charge < -0.3 is 15.5 Å². The maximum Gasteiger partial charge on any atom is 0.253 e. The maximum absolute atomic E-state index is 12.1. The van der Waals surface area contributed by atoms with Crippen molar-refractivity contribution in [3.63, 3.8) is 0 Å². The molecule has 106 valence electrons. The van der Waals surface area contributed by atoms with Gasteiger partial charge in [-0.2, -0.15) is 0 Å². The first-order chi connectivity index (χ1) is 9.72. The summed E-state index contributed by atoms with van der Waals surface area (Å²) >= 11 is 1.51. The van der Waals surface area contributed by atoms with Crippen LogP contribution in [0.15, 0.2) is 47.8 Å². The fourth-order valence-corrected chi connectivity index (χ4v) is 2.75. The second-order valence-electron chi connectivity index (χ2n) is 4.40. The smallest absolute Gasteiger partial charge is 0.253 e. The van der Waals surface area contributed by atoms with Crippen molar-refractivity contribution >= 4 is 17.2 Å². The van der Waals surface area contributed by atoms with Gasteiger partial charge in [0.1, 0.15) is 0 Å². The van der Waals surface area contributed by atoms with Crippen LogP contribution in [0.2, 0.25) is 0 Å². The molecule has 4 nitrogen and oxygen atoms in total. The topological polar surface area (TPSA) is 69.6 Å². The van der Waals surface area contributed by atoms with Crippen molar-refractivity contribution in [3.05, 3.63) is 58.3 Å². The Hall–Kier alpha value is -1.69. The van der Waals surface area contributed by atoms with E-state index in [9.17, 15) is 9.90 Å². The minimum atomic E-state index is -1.20. The maximum atomic E-state index is 12.1. The molecule has 0 spiro atoms. The van der Waals surface area contributed by atoms with Crippen molar-refractivity contribution in [1.82, 2.24) is 5.32 Å². The van der Waals surface area contributed by atoms with Gasteiger partial charge in [0, 0.05) is 11.5 Å². The molecule has 1 aromatic carbocycles. The van der Waals surface area contributed by atoms with E-state index >= 15 is 0 Å². The van der Waals surface area contributed by atoms with Crippen molar-refractivity contribution in [2.75, 3.05) is 6.61 Å². The molecule has 0 unspecified atom stereocenters. The first-order valence-corrected chi connectivity index (χ1v) is 7.28. The number of carbonyl (C=O) groups is 1. The molecule has 0 saturated carbocycles. The number of aliphatic hydroxyl groups excluding tert-OH is 2. The first-order valence-electron chi connectivity index (χ1n) is 6.40. The summed E-state index contributed by atoms with van der Waals surface area (Å²) in [5.74, 6) is -0.456. The highest BCUT2D eigenvalue weighted by Crippen LogP contribution is 2.23. The number of benzene rings is 1. The summed E-state index contributed by atoms with van der Waals surface area (Å²) in [5.41, 5.74) is 0.555. The predicted molar refractivity (Wildman–Crippen MR) is 78.3 cm³/mol. The van der Waals surface area contributed by atoms with Gasteiger partial charge in [0.2, 0.25) is 0 Å². The highest BCUT2D eigenvalue weighted by atomic mass is 32.1. The molecule has 20 heavy (non-hydrogen) atoms. The SMILES string of the molecule is O=C(N[C@H](CCO)c1cccs1)[C@@H](O)c1ccccc1. The Morgan fingerprint density at radius 2 is 1.95 bits per heavy atom. The lowest BCUT2D eigenvalue weighted by molar-refractivity contribution is -0.130. The molecule has 1 heterocycles. The Morgan fingerprint density at radius 1 is 1.20 bits per heavy atom. The first kappa shape index (κ1) is 14.7. The number of amides is 1. The second kappa shape index (κ2) is 7.19. The van der Waals surface area contributed by atoms with Crippen LogP contribution in [0.4, 0.5) is 0 Å². The van der Waals surface area contributed by atoms with E-state index in [0.717, 1.165) is 4.88 Å². The molecule has 0 radical (unpaired) electrons. The molecule has 0 aliphatic rings. The largest absolute Gasteiger partial charge is 0.396 e. The van der Waals surface area contributed by atoms with Crippen molar-refractivity contribution in [2.24, 2.45) is 0 Å². The Labute approximate surface area is 121 Å². The van der Waals surface area contributed by atoms with Gasteiger partial charge in [0.05, 0.1) is 6.04 Å². The van der Waals surface area contributed by atoms with Crippen LogP contribution in [0.3, 0.4) is 0 Å². The zero-order valence-corrected chi connectivity index (χ0v) is 11.7. The molecule has 1 amide bonds. The van der Waals surface area contributed by atoms with Crippen molar-refractivity contribution in [3.8, 4) is 0 Å². The molecule has 2 atom stereocenters. The summed E-state index contributed by atoms with van der Waals surface area (Å²) in [6.45, 7) is -0.0235. The van der Waals surface area contributed by atoms with E-state index in [2.05, 4.69) is 5.32 Å². The molecule has 0 fully saturated rings. The summed E-state index contributed by atoms with van der Waals surface area (Å²) in [6.07, 6.45) is -0.773. The number of nitrogens with one attached hydrogen (secondary N) is 1. The average Bonchev–Trinajstić information content (AvgIpc) is 3.01. The zero-order valence-electron chi connectivity index (χ0n) is 10.9. The predicted octanol–water partition coefficient (Wildman–Crippen LogP) is 2.02. The fourth-order valence-electron chi connectivity index (χ4n) is 1.94. The summed E-state index contributed by atoms with van der Waals surface area (Å²) in [6, 6.07) is 12.3. The Morgan fingerprint density at radius 3 is 2.55 bits per heavy atom. The van der Waals surface area contributed by atoms with E-state index in [1.165, 1.54) is 11.3 Å². The molecular formula is C15H17NO3S. The quantitative estimate of drug-likeness (QED) is 0.762. The van der Waals surface area contributed by atoms with Crippen LogP contribution in [0, 0.1) is 0 Å². The van der Waals surface area contributed by atoms with Crippen LogP contribution in [0.25, 0.3) is 0 Å². The lowest BCUT2D eigenvalue weighted by Crippen LogP contribution is -2.33. The third-order valence-corrected chi connectivity index (χ3v) is 3.97. The summed E-state index contributed by atoms with van der Waals surface area (Å²) in [4.78, 5) is 13.1. The van der Waals surface area contributed by atoms with Gasteiger partial charge in [-0.15, -0.1) is 11.3 Å². The molecule has 2 aromatic rings. The van der Waals surface area contributed by atoms with E-state index in [1.54, 1.807) is 24.3 Å². The molecule has 0 aliphatic heterocycles. The summed E-state index contributed by atoms with van der Waals surface area (Å²) < 4.78 is 0. The van der Waals surface area contributed by atoms with Crippen LogP contribution in [-0.4, -0.2) is 22.7 Å². The number of aliphatic hydroxyl groups is 2. The van der Waals surface area contributed by atoms with Crippen molar-refractivity contribution in [2.45, 2.75) is 18.6 Å². The van der Waals surface area contributed by atoms with Gasteiger partial charge in [-0.3, -0.25) is 4.79 Å². The van der Waals surface area contributed by atoms with Gasteiger partial charge in [-0.1, -0.05) is 36.4 Å². The molecular weight excluding hydrogens is 274 g/mol. The summed E-state index contributed by atoms with van der Waals surface area (Å²) in [7, 11) is 0. The highest BCUT2D eigenvalue weighted by molar-refractivity contribution is 7.10. The molecule has 0 saturated heterocycles. The highest BCUT2D eigenvalue weighted by Gasteiger charge is 2.21. The number of thiophene rings is 1. The fraction of sp³-hybridized carbons (Fsp3) is 0.267. The Balaban J connectivity index is 2.05. The van der Waals surface area contributed by atoms with Crippen LogP contribution < -0.4 is 5.32 Å². The molecule has 5 heteroatoms. The van der Waals surface area contributed by atoms with E-state index in [0.29, 0.717) is 12.0 Å². The van der Waals surface area contributed by atoms with E-state index < -0.39 is 12.0 Å².